The summed E-state index contributed by atoms with van der Waals surface area (Å²) in [5.74, 6) is 0. The summed E-state index contributed by atoms with van der Waals surface area (Å²) >= 11 is 6.04. The number of hydrogen-bond acceptors (Lipinski definition) is 1. The molecule has 0 aliphatic rings. The Morgan fingerprint density at radius 2 is 2.06 bits per heavy atom. The summed E-state index contributed by atoms with van der Waals surface area (Å²) in [6.07, 6.45) is 4.00. The van der Waals surface area contributed by atoms with E-state index in [0.29, 0.717) is 0 Å². The number of benzene rings is 1. The Kier molecular flexibility index (Phi) is 3.58. The number of rotatable bonds is 3. The standard InChI is InChI=1S/C14H14ClN/c1-2-5-11-7-8-12(15)10-13(11)14-6-3-4-9-16-14/h3-4,6-10H,2,5H2,1H3. The normalized spacial score (nSPS) is 10.4. The third-order valence-corrected chi connectivity index (χ3v) is 2.77. The predicted octanol–water partition coefficient (Wildman–Crippen LogP) is 4.35. The van der Waals surface area contributed by atoms with Crippen LogP contribution >= 0.6 is 11.6 Å². The van der Waals surface area contributed by atoms with Crippen LogP contribution in [0.4, 0.5) is 0 Å². The van der Waals surface area contributed by atoms with Crippen LogP contribution in [0.5, 0.6) is 0 Å². The first-order chi connectivity index (χ1) is 7.81. The average Bonchev–Trinajstić information content (AvgIpc) is 2.33. The summed E-state index contributed by atoms with van der Waals surface area (Å²) in [7, 11) is 0. The highest BCUT2D eigenvalue weighted by Crippen LogP contribution is 2.26. The highest BCUT2D eigenvalue weighted by atomic mass is 35.5. The Hall–Kier alpha value is -1.34. The molecule has 2 heteroatoms. The maximum atomic E-state index is 6.04. The predicted molar refractivity (Wildman–Crippen MR) is 68.7 cm³/mol. The number of hydrogen-bond donors (Lipinski definition) is 0. The van der Waals surface area contributed by atoms with Crippen molar-refractivity contribution >= 4 is 11.6 Å². The molecular formula is C14H14ClN. The van der Waals surface area contributed by atoms with E-state index in [1.54, 1.807) is 0 Å². The minimum absolute atomic E-state index is 0.764. The second-order valence-electron chi connectivity index (χ2n) is 3.77. The zero-order chi connectivity index (χ0) is 11.4. The maximum absolute atomic E-state index is 6.04. The molecule has 1 nitrogen and oxygen atoms in total. The zero-order valence-corrected chi connectivity index (χ0v) is 10.0. The topological polar surface area (TPSA) is 12.9 Å². The fourth-order valence-electron chi connectivity index (χ4n) is 1.80. The number of aryl methyl sites for hydroxylation is 1. The van der Waals surface area contributed by atoms with Gasteiger partial charge in [0.15, 0.2) is 0 Å². The molecule has 82 valence electrons. The molecule has 1 heterocycles. The van der Waals surface area contributed by atoms with E-state index in [1.165, 1.54) is 5.56 Å². The molecule has 0 saturated heterocycles. The molecule has 0 radical (unpaired) electrons. The Morgan fingerprint density at radius 1 is 1.19 bits per heavy atom. The molecule has 0 aliphatic carbocycles. The maximum Gasteiger partial charge on any atom is 0.0705 e. The molecule has 0 spiro atoms. The summed E-state index contributed by atoms with van der Waals surface area (Å²) in [4.78, 5) is 4.37. The molecule has 0 saturated carbocycles. The van der Waals surface area contributed by atoms with Gasteiger partial charge in [0.05, 0.1) is 5.69 Å². The van der Waals surface area contributed by atoms with Gasteiger partial charge in [-0.15, -0.1) is 0 Å². The molecule has 1 aromatic heterocycles. The van der Waals surface area contributed by atoms with Crippen molar-refractivity contribution in [3.8, 4) is 11.3 Å². The molecule has 1 aromatic carbocycles. The van der Waals surface area contributed by atoms with Crippen LogP contribution < -0.4 is 0 Å². The number of nitrogens with zero attached hydrogens (tertiary/aromatic N) is 1. The van der Waals surface area contributed by atoms with E-state index in [-0.39, 0.29) is 0 Å². The molecule has 0 bridgehead atoms. The van der Waals surface area contributed by atoms with Gasteiger partial charge in [0.25, 0.3) is 0 Å². The lowest BCUT2D eigenvalue weighted by Gasteiger charge is -2.08. The van der Waals surface area contributed by atoms with Gasteiger partial charge in [0.2, 0.25) is 0 Å². The summed E-state index contributed by atoms with van der Waals surface area (Å²) in [5.41, 5.74) is 3.45. The lowest BCUT2D eigenvalue weighted by Crippen LogP contribution is -1.91. The largest absolute Gasteiger partial charge is 0.256 e. The van der Waals surface area contributed by atoms with Gasteiger partial charge in [0.1, 0.15) is 0 Å². The Bertz CT molecular complexity index is 465. The van der Waals surface area contributed by atoms with Gasteiger partial charge in [-0.05, 0) is 36.2 Å². The van der Waals surface area contributed by atoms with Crippen molar-refractivity contribution < 1.29 is 0 Å². The lowest BCUT2D eigenvalue weighted by molar-refractivity contribution is 0.922. The fraction of sp³-hybridized carbons (Fsp3) is 0.214. The Balaban J connectivity index is 2.49. The lowest BCUT2D eigenvalue weighted by atomic mass is 10.0. The second-order valence-corrected chi connectivity index (χ2v) is 4.20. The van der Waals surface area contributed by atoms with E-state index >= 15 is 0 Å². The molecule has 0 aliphatic heterocycles. The highest BCUT2D eigenvalue weighted by molar-refractivity contribution is 6.30. The smallest absolute Gasteiger partial charge is 0.0705 e. The van der Waals surface area contributed by atoms with Crippen molar-refractivity contribution in [3.63, 3.8) is 0 Å². The molecule has 0 amide bonds. The van der Waals surface area contributed by atoms with E-state index in [2.05, 4.69) is 18.0 Å². The molecule has 0 unspecified atom stereocenters. The van der Waals surface area contributed by atoms with E-state index in [1.807, 2.05) is 36.5 Å². The van der Waals surface area contributed by atoms with Crippen molar-refractivity contribution in [1.82, 2.24) is 4.98 Å². The van der Waals surface area contributed by atoms with Gasteiger partial charge in [-0.2, -0.15) is 0 Å². The van der Waals surface area contributed by atoms with Crippen LogP contribution in [0.25, 0.3) is 11.3 Å². The fourth-order valence-corrected chi connectivity index (χ4v) is 1.97. The highest BCUT2D eigenvalue weighted by Gasteiger charge is 2.05. The van der Waals surface area contributed by atoms with Gasteiger partial charge in [-0.1, -0.05) is 37.1 Å². The summed E-state index contributed by atoms with van der Waals surface area (Å²) < 4.78 is 0. The van der Waals surface area contributed by atoms with E-state index in [9.17, 15) is 0 Å². The molecule has 0 atom stereocenters. The van der Waals surface area contributed by atoms with Crippen molar-refractivity contribution in [2.75, 3.05) is 0 Å². The summed E-state index contributed by atoms with van der Waals surface area (Å²) in [6.45, 7) is 2.18. The minimum Gasteiger partial charge on any atom is -0.256 e. The van der Waals surface area contributed by atoms with Gasteiger partial charge in [0, 0.05) is 16.8 Å². The molecular weight excluding hydrogens is 218 g/mol. The Morgan fingerprint density at radius 3 is 2.75 bits per heavy atom. The van der Waals surface area contributed by atoms with Gasteiger partial charge >= 0.3 is 0 Å². The first-order valence-electron chi connectivity index (χ1n) is 5.51. The van der Waals surface area contributed by atoms with Gasteiger partial charge in [-0.25, -0.2) is 0 Å². The van der Waals surface area contributed by atoms with Crippen LogP contribution in [-0.4, -0.2) is 4.98 Å². The summed E-state index contributed by atoms with van der Waals surface area (Å²) in [5, 5.41) is 0.764. The molecule has 0 N–H and O–H groups in total. The SMILES string of the molecule is CCCc1ccc(Cl)cc1-c1ccccn1. The van der Waals surface area contributed by atoms with Crippen molar-refractivity contribution in [3.05, 3.63) is 53.2 Å². The van der Waals surface area contributed by atoms with Crippen LogP contribution in [0.2, 0.25) is 5.02 Å². The van der Waals surface area contributed by atoms with Gasteiger partial charge < -0.3 is 0 Å². The quantitative estimate of drug-likeness (QED) is 0.765. The van der Waals surface area contributed by atoms with E-state index < -0.39 is 0 Å². The van der Waals surface area contributed by atoms with Gasteiger partial charge in [-0.3, -0.25) is 4.98 Å². The Labute approximate surface area is 101 Å². The number of aromatic nitrogens is 1. The van der Waals surface area contributed by atoms with Crippen LogP contribution in [-0.2, 0) is 6.42 Å². The molecule has 0 fully saturated rings. The van der Waals surface area contributed by atoms with Crippen LogP contribution in [0, 0.1) is 0 Å². The monoisotopic (exact) mass is 231 g/mol. The van der Waals surface area contributed by atoms with Crippen molar-refractivity contribution in [1.29, 1.82) is 0 Å². The number of halogens is 1. The second kappa shape index (κ2) is 5.13. The van der Waals surface area contributed by atoms with E-state index in [0.717, 1.165) is 29.1 Å². The molecule has 2 aromatic rings. The van der Waals surface area contributed by atoms with Crippen molar-refractivity contribution in [2.45, 2.75) is 19.8 Å². The average molecular weight is 232 g/mol. The minimum atomic E-state index is 0.764. The van der Waals surface area contributed by atoms with Crippen molar-refractivity contribution in [2.24, 2.45) is 0 Å². The third-order valence-electron chi connectivity index (χ3n) is 2.53. The molecule has 16 heavy (non-hydrogen) atoms. The first-order valence-corrected chi connectivity index (χ1v) is 5.89. The molecule has 2 rings (SSSR count). The first kappa shape index (κ1) is 11.2. The van der Waals surface area contributed by atoms with Crippen LogP contribution in [0.1, 0.15) is 18.9 Å². The van der Waals surface area contributed by atoms with Crippen LogP contribution in [0.15, 0.2) is 42.6 Å². The zero-order valence-electron chi connectivity index (χ0n) is 9.28. The third kappa shape index (κ3) is 2.42. The summed E-state index contributed by atoms with van der Waals surface area (Å²) in [6, 6.07) is 12.0. The number of pyridine rings is 1. The van der Waals surface area contributed by atoms with E-state index in [4.69, 9.17) is 11.6 Å². The van der Waals surface area contributed by atoms with Crippen LogP contribution in [0.3, 0.4) is 0 Å².